The Labute approximate surface area is 137 Å². The van der Waals surface area contributed by atoms with Gasteiger partial charge in [-0.15, -0.1) is 0 Å². The van der Waals surface area contributed by atoms with Gasteiger partial charge in [-0.05, 0) is 50.5 Å². The third-order valence-electron chi connectivity index (χ3n) is 3.82. The molecule has 0 aliphatic carbocycles. The smallest absolute Gasteiger partial charge is 0.240 e. The van der Waals surface area contributed by atoms with E-state index in [2.05, 4.69) is 4.72 Å². The molecule has 1 aliphatic heterocycles. The number of rotatable bonds is 8. The number of carbonyl (C=O) groups excluding carboxylic acids is 1. The molecule has 1 aromatic carbocycles. The fourth-order valence-electron chi connectivity index (χ4n) is 2.67. The fraction of sp³-hybridized carbons (Fsp3) is 0.562. The van der Waals surface area contributed by atoms with Crippen LogP contribution >= 0.6 is 0 Å². The molecule has 128 valence electrons. The topological polar surface area (TPSA) is 75.7 Å². The van der Waals surface area contributed by atoms with Gasteiger partial charge < -0.3 is 9.64 Å². The molecule has 0 aromatic heterocycles. The fourth-order valence-corrected chi connectivity index (χ4v) is 3.97. The van der Waals surface area contributed by atoms with E-state index in [-0.39, 0.29) is 10.8 Å². The zero-order valence-corrected chi connectivity index (χ0v) is 14.5. The standard InChI is InChI=1S/C16H24N2O4S/c1-3-22-14-7-8-15(13(2)12-14)23(20,21)17-9-5-11-18-10-4-6-16(18)19/h7-8,12,17H,3-6,9-11H2,1-2H3. The van der Waals surface area contributed by atoms with Crippen LogP contribution in [0.1, 0.15) is 31.7 Å². The molecule has 2 rings (SSSR count). The van der Waals surface area contributed by atoms with E-state index >= 15 is 0 Å². The van der Waals surface area contributed by atoms with Crippen molar-refractivity contribution in [3.05, 3.63) is 23.8 Å². The van der Waals surface area contributed by atoms with Gasteiger partial charge >= 0.3 is 0 Å². The third kappa shape index (κ3) is 4.68. The normalized spacial score (nSPS) is 15.2. The Hall–Kier alpha value is -1.60. The molecular formula is C16H24N2O4S. The van der Waals surface area contributed by atoms with Crippen molar-refractivity contribution >= 4 is 15.9 Å². The van der Waals surface area contributed by atoms with Crippen LogP contribution in [0.5, 0.6) is 5.75 Å². The summed E-state index contributed by atoms with van der Waals surface area (Å²) in [4.78, 5) is 13.5. The van der Waals surface area contributed by atoms with Crippen molar-refractivity contribution in [2.24, 2.45) is 0 Å². The average molecular weight is 340 g/mol. The van der Waals surface area contributed by atoms with E-state index in [4.69, 9.17) is 4.74 Å². The molecule has 1 aliphatic rings. The lowest BCUT2D eigenvalue weighted by Gasteiger charge is -2.15. The van der Waals surface area contributed by atoms with Crippen molar-refractivity contribution in [3.63, 3.8) is 0 Å². The van der Waals surface area contributed by atoms with Gasteiger partial charge in [-0.3, -0.25) is 4.79 Å². The van der Waals surface area contributed by atoms with Crippen molar-refractivity contribution in [1.29, 1.82) is 0 Å². The van der Waals surface area contributed by atoms with Crippen LogP contribution in [0.4, 0.5) is 0 Å². The van der Waals surface area contributed by atoms with Gasteiger partial charge in [-0.1, -0.05) is 0 Å². The minimum absolute atomic E-state index is 0.162. The number of likely N-dealkylation sites (tertiary alicyclic amines) is 1. The van der Waals surface area contributed by atoms with Crippen molar-refractivity contribution in [1.82, 2.24) is 9.62 Å². The number of nitrogens with zero attached hydrogens (tertiary/aromatic N) is 1. The summed E-state index contributed by atoms with van der Waals surface area (Å²) in [6.45, 7) is 5.87. The molecule has 0 spiro atoms. The maximum atomic E-state index is 12.4. The number of hydrogen-bond acceptors (Lipinski definition) is 4. The number of sulfonamides is 1. The number of ether oxygens (including phenoxy) is 1. The lowest BCUT2D eigenvalue weighted by molar-refractivity contribution is -0.127. The molecule has 0 bridgehead atoms. The highest BCUT2D eigenvalue weighted by atomic mass is 32.2. The summed E-state index contributed by atoms with van der Waals surface area (Å²) < 4.78 is 32.7. The number of hydrogen-bond donors (Lipinski definition) is 1. The molecule has 7 heteroatoms. The molecule has 0 atom stereocenters. The van der Waals surface area contributed by atoms with Crippen LogP contribution in [0.2, 0.25) is 0 Å². The van der Waals surface area contributed by atoms with E-state index in [1.165, 1.54) is 0 Å². The second kappa shape index (κ2) is 7.79. The quantitative estimate of drug-likeness (QED) is 0.731. The van der Waals surface area contributed by atoms with Crippen molar-refractivity contribution in [3.8, 4) is 5.75 Å². The number of benzene rings is 1. The minimum atomic E-state index is -3.54. The largest absolute Gasteiger partial charge is 0.494 e. The SMILES string of the molecule is CCOc1ccc(S(=O)(=O)NCCCN2CCCC2=O)c(C)c1. The molecule has 1 amide bonds. The Morgan fingerprint density at radius 3 is 2.74 bits per heavy atom. The molecular weight excluding hydrogens is 316 g/mol. The zero-order chi connectivity index (χ0) is 16.9. The lowest BCUT2D eigenvalue weighted by Crippen LogP contribution is -2.31. The lowest BCUT2D eigenvalue weighted by atomic mass is 10.2. The summed E-state index contributed by atoms with van der Waals surface area (Å²) in [5.41, 5.74) is 0.651. The molecule has 1 heterocycles. The first-order valence-corrected chi connectivity index (χ1v) is 9.43. The first-order valence-electron chi connectivity index (χ1n) is 7.95. The second-order valence-corrected chi connectivity index (χ2v) is 7.33. The van der Waals surface area contributed by atoms with Gasteiger partial charge in [-0.2, -0.15) is 0 Å². The predicted octanol–water partition coefficient (Wildman–Crippen LogP) is 1.68. The van der Waals surface area contributed by atoms with Crippen molar-refractivity contribution in [2.75, 3.05) is 26.2 Å². The van der Waals surface area contributed by atoms with Crippen LogP contribution in [0, 0.1) is 6.92 Å². The van der Waals surface area contributed by atoms with Gasteiger partial charge in [0.05, 0.1) is 11.5 Å². The average Bonchev–Trinajstić information content (AvgIpc) is 2.89. The summed E-state index contributed by atoms with van der Waals surface area (Å²) in [5.74, 6) is 0.826. The van der Waals surface area contributed by atoms with Crippen LogP contribution in [0.25, 0.3) is 0 Å². The maximum absolute atomic E-state index is 12.4. The van der Waals surface area contributed by atoms with E-state index in [0.717, 1.165) is 13.0 Å². The molecule has 6 nitrogen and oxygen atoms in total. The van der Waals surface area contributed by atoms with Gasteiger partial charge in [0.15, 0.2) is 0 Å². The highest BCUT2D eigenvalue weighted by Crippen LogP contribution is 2.21. The molecule has 1 saturated heterocycles. The summed E-state index contributed by atoms with van der Waals surface area (Å²) in [5, 5.41) is 0. The third-order valence-corrected chi connectivity index (χ3v) is 5.44. The first-order chi connectivity index (χ1) is 10.9. The Morgan fingerprint density at radius 1 is 1.35 bits per heavy atom. The predicted molar refractivity (Wildman–Crippen MR) is 88.0 cm³/mol. The number of amides is 1. The molecule has 1 fully saturated rings. The van der Waals surface area contributed by atoms with Gasteiger partial charge in [-0.25, -0.2) is 13.1 Å². The molecule has 1 N–H and O–H groups in total. The Bertz CT molecular complexity index is 658. The van der Waals surface area contributed by atoms with Crippen LogP contribution in [-0.2, 0) is 14.8 Å². The second-order valence-electron chi connectivity index (χ2n) is 5.60. The maximum Gasteiger partial charge on any atom is 0.240 e. The molecule has 0 radical (unpaired) electrons. The van der Waals surface area contributed by atoms with Crippen molar-refractivity contribution < 1.29 is 17.9 Å². The number of nitrogens with one attached hydrogen (secondary N) is 1. The summed E-state index contributed by atoms with van der Waals surface area (Å²) >= 11 is 0. The summed E-state index contributed by atoms with van der Waals surface area (Å²) in [6.07, 6.45) is 2.12. The van der Waals surface area contributed by atoms with E-state index < -0.39 is 10.0 Å². The van der Waals surface area contributed by atoms with E-state index in [0.29, 0.717) is 43.9 Å². The molecule has 1 aromatic rings. The van der Waals surface area contributed by atoms with Crippen LogP contribution < -0.4 is 9.46 Å². The number of carbonyl (C=O) groups is 1. The van der Waals surface area contributed by atoms with Gasteiger partial charge in [0.2, 0.25) is 15.9 Å². The summed E-state index contributed by atoms with van der Waals surface area (Å²) in [6, 6.07) is 4.95. The molecule has 23 heavy (non-hydrogen) atoms. The van der Waals surface area contributed by atoms with Gasteiger partial charge in [0, 0.05) is 26.1 Å². The van der Waals surface area contributed by atoms with Crippen LogP contribution in [0.3, 0.4) is 0 Å². The highest BCUT2D eigenvalue weighted by Gasteiger charge is 2.20. The monoisotopic (exact) mass is 340 g/mol. The summed E-state index contributed by atoms with van der Waals surface area (Å²) in [7, 11) is -3.54. The highest BCUT2D eigenvalue weighted by molar-refractivity contribution is 7.89. The van der Waals surface area contributed by atoms with Crippen LogP contribution in [-0.4, -0.2) is 45.5 Å². The zero-order valence-electron chi connectivity index (χ0n) is 13.7. The minimum Gasteiger partial charge on any atom is -0.494 e. The Balaban J connectivity index is 1.89. The van der Waals surface area contributed by atoms with E-state index in [9.17, 15) is 13.2 Å². The van der Waals surface area contributed by atoms with E-state index in [1.807, 2.05) is 6.92 Å². The van der Waals surface area contributed by atoms with Gasteiger partial charge in [0.25, 0.3) is 0 Å². The van der Waals surface area contributed by atoms with Crippen LogP contribution in [0.15, 0.2) is 23.1 Å². The van der Waals surface area contributed by atoms with Crippen molar-refractivity contribution in [2.45, 2.75) is 38.0 Å². The first kappa shape index (κ1) is 17.7. The Morgan fingerprint density at radius 2 is 2.13 bits per heavy atom. The Kier molecular flexibility index (Phi) is 6.01. The number of aryl methyl sites for hydroxylation is 1. The molecule has 0 unspecified atom stereocenters. The van der Waals surface area contributed by atoms with E-state index in [1.54, 1.807) is 30.0 Å². The molecule has 0 saturated carbocycles. The van der Waals surface area contributed by atoms with Gasteiger partial charge in [0.1, 0.15) is 5.75 Å².